The quantitative estimate of drug-likeness (QED) is 0.248. The summed E-state index contributed by atoms with van der Waals surface area (Å²) >= 11 is 6.15. The predicted octanol–water partition coefficient (Wildman–Crippen LogP) is 4.99. The summed E-state index contributed by atoms with van der Waals surface area (Å²) in [5.74, 6) is 0.0966. The maximum absolute atomic E-state index is 12.5. The minimum absolute atomic E-state index is 0.344. The van der Waals surface area contributed by atoms with Gasteiger partial charge in [-0.25, -0.2) is 13.8 Å². The summed E-state index contributed by atoms with van der Waals surface area (Å²) in [5, 5.41) is 6.22. The molecule has 0 saturated carbocycles. The van der Waals surface area contributed by atoms with Crippen molar-refractivity contribution in [2.24, 2.45) is 5.10 Å². The first kappa shape index (κ1) is 25.2. The van der Waals surface area contributed by atoms with Crippen molar-refractivity contribution in [1.29, 1.82) is 0 Å². The zero-order chi connectivity index (χ0) is 25.5. The van der Waals surface area contributed by atoms with Gasteiger partial charge in [-0.1, -0.05) is 66.2 Å². The van der Waals surface area contributed by atoms with E-state index in [-0.39, 0.29) is 0 Å². The second-order valence-electron chi connectivity index (χ2n) is 8.01. The molecule has 0 fully saturated rings. The molecule has 0 aliphatic heterocycles. The molecule has 1 amide bonds. The highest BCUT2D eigenvalue weighted by Gasteiger charge is 2.22. The highest BCUT2D eigenvalue weighted by atomic mass is 35.5. The van der Waals surface area contributed by atoms with Crippen LogP contribution in [0.3, 0.4) is 0 Å². The third-order valence-electron chi connectivity index (χ3n) is 5.36. The van der Waals surface area contributed by atoms with Crippen LogP contribution in [0.4, 0.5) is 5.69 Å². The molecular weight excluding hydrogens is 498 g/mol. The summed E-state index contributed by atoms with van der Waals surface area (Å²) in [6.45, 7) is -0.0598. The van der Waals surface area contributed by atoms with Crippen molar-refractivity contribution in [2.45, 2.75) is 6.61 Å². The number of halogens is 1. The number of nitrogens with zero attached hydrogens (tertiary/aromatic N) is 2. The van der Waals surface area contributed by atoms with E-state index in [1.165, 1.54) is 6.21 Å². The maximum atomic E-state index is 12.5. The minimum Gasteiger partial charge on any atom is -0.489 e. The number of carbonyl (C=O) groups excluding carboxylic acids is 1. The smallest absolute Gasteiger partial charge is 0.260 e. The Morgan fingerprint density at radius 3 is 2.42 bits per heavy atom. The predicted molar refractivity (Wildman–Crippen MR) is 144 cm³/mol. The molecule has 36 heavy (non-hydrogen) atoms. The third-order valence-corrected chi connectivity index (χ3v) is 6.85. The van der Waals surface area contributed by atoms with Gasteiger partial charge in [0, 0.05) is 16.0 Å². The Hall–Kier alpha value is -3.88. The van der Waals surface area contributed by atoms with Gasteiger partial charge in [0.05, 0.1) is 18.2 Å². The molecule has 0 aliphatic rings. The van der Waals surface area contributed by atoms with Crippen LogP contribution in [0.25, 0.3) is 10.8 Å². The first-order valence-corrected chi connectivity index (χ1v) is 13.3. The van der Waals surface area contributed by atoms with Crippen LogP contribution in [-0.4, -0.2) is 33.3 Å². The zero-order valence-electron chi connectivity index (χ0n) is 19.5. The van der Waals surface area contributed by atoms with E-state index in [0.717, 1.165) is 32.5 Å². The number of rotatable bonds is 9. The lowest BCUT2D eigenvalue weighted by Crippen LogP contribution is -2.39. The molecule has 1 N–H and O–H groups in total. The summed E-state index contributed by atoms with van der Waals surface area (Å²) in [5.41, 5.74) is 4.45. The number of anilines is 1. The Kier molecular flexibility index (Phi) is 7.87. The fourth-order valence-corrected chi connectivity index (χ4v) is 4.64. The number of hydrogen-bond donors (Lipinski definition) is 1. The van der Waals surface area contributed by atoms with Crippen LogP contribution in [-0.2, 0) is 21.4 Å². The summed E-state index contributed by atoms with van der Waals surface area (Å²) in [7, 11) is -3.72. The number of amides is 1. The molecule has 0 bridgehead atoms. The van der Waals surface area contributed by atoms with E-state index < -0.39 is 22.5 Å². The molecule has 0 atom stereocenters. The van der Waals surface area contributed by atoms with Crippen LogP contribution >= 0.6 is 11.6 Å². The number of sulfonamides is 1. The highest BCUT2D eigenvalue weighted by Crippen LogP contribution is 2.28. The van der Waals surface area contributed by atoms with Crippen LogP contribution < -0.4 is 14.5 Å². The number of hydrogen-bond acceptors (Lipinski definition) is 5. The van der Waals surface area contributed by atoms with Crippen LogP contribution in [0, 0.1) is 0 Å². The molecule has 4 aromatic rings. The van der Waals surface area contributed by atoms with E-state index in [1.807, 2.05) is 54.6 Å². The normalized spacial score (nSPS) is 11.5. The third kappa shape index (κ3) is 6.41. The summed E-state index contributed by atoms with van der Waals surface area (Å²) in [4.78, 5) is 12.5. The number of ether oxygens (including phenoxy) is 1. The standard InChI is InChI=1S/C27H24ClN3O4S/c1-36(33,34)31(26-12-6-9-21-7-2-4-10-24(21)26)18-27(32)30-29-17-20-13-15-23(16-14-20)35-19-22-8-3-5-11-25(22)28/h2-17H,18-19H2,1H3,(H,30,32)/b29-17-. The molecule has 4 rings (SSSR count). The molecule has 0 unspecified atom stereocenters. The van der Waals surface area contributed by atoms with Gasteiger partial charge in [-0.15, -0.1) is 0 Å². The minimum atomic E-state index is -3.72. The molecule has 0 spiro atoms. The molecule has 0 radical (unpaired) electrons. The first-order chi connectivity index (χ1) is 17.3. The van der Waals surface area contributed by atoms with E-state index in [4.69, 9.17) is 16.3 Å². The van der Waals surface area contributed by atoms with Crippen molar-refractivity contribution >= 4 is 50.2 Å². The van der Waals surface area contributed by atoms with Crippen LogP contribution in [0.15, 0.2) is 96.1 Å². The molecule has 0 saturated heterocycles. The van der Waals surface area contributed by atoms with Crippen molar-refractivity contribution in [1.82, 2.24) is 5.43 Å². The summed E-state index contributed by atoms with van der Waals surface area (Å²) in [6, 6.07) is 27.3. The Balaban J connectivity index is 1.37. The van der Waals surface area contributed by atoms with Gasteiger partial charge in [0.2, 0.25) is 10.0 Å². The van der Waals surface area contributed by atoms with Crippen LogP contribution in [0.1, 0.15) is 11.1 Å². The average Bonchev–Trinajstić information content (AvgIpc) is 2.87. The van der Waals surface area contributed by atoms with E-state index in [0.29, 0.717) is 23.1 Å². The van der Waals surface area contributed by atoms with Gasteiger partial charge in [0.15, 0.2) is 0 Å². The van der Waals surface area contributed by atoms with E-state index in [2.05, 4.69) is 10.5 Å². The average molecular weight is 522 g/mol. The molecule has 0 aliphatic carbocycles. The van der Waals surface area contributed by atoms with Gasteiger partial charge in [-0.3, -0.25) is 9.10 Å². The van der Waals surface area contributed by atoms with Crippen LogP contribution in [0.5, 0.6) is 5.75 Å². The van der Waals surface area contributed by atoms with E-state index >= 15 is 0 Å². The molecule has 184 valence electrons. The Bertz CT molecular complexity index is 1500. The van der Waals surface area contributed by atoms with Crippen molar-refractivity contribution in [2.75, 3.05) is 17.1 Å². The zero-order valence-corrected chi connectivity index (χ0v) is 21.0. The van der Waals surface area contributed by atoms with Crippen molar-refractivity contribution in [3.63, 3.8) is 0 Å². The Morgan fingerprint density at radius 1 is 0.972 bits per heavy atom. The van der Waals surface area contributed by atoms with E-state index in [1.54, 1.807) is 36.4 Å². The van der Waals surface area contributed by atoms with Crippen molar-refractivity contribution in [3.05, 3.63) is 107 Å². The van der Waals surface area contributed by atoms with E-state index in [9.17, 15) is 13.2 Å². The van der Waals surface area contributed by atoms with Gasteiger partial charge in [-0.05, 0) is 47.3 Å². The number of fused-ring (bicyclic) bond motifs is 1. The fraction of sp³-hybridized carbons (Fsp3) is 0.111. The molecule has 0 aromatic heterocycles. The van der Waals surface area contributed by atoms with Gasteiger partial charge in [0.25, 0.3) is 5.91 Å². The lowest BCUT2D eigenvalue weighted by molar-refractivity contribution is -0.119. The van der Waals surface area contributed by atoms with Gasteiger partial charge in [0.1, 0.15) is 18.9 Å². The molecular formula is C27H24ClN3O4S. The van der Waals surface area contributed by atoms with Gasteiger partial charge < -0.3 is 4.74 Å². The Labute approximate surface area is 215 Å². The monoisotopic (exact) mass is 521 g/mol. The summed E-state index contributed by atoms with van der Waals surface area (Å²) < 4.78 is 31.8. The molecule has 9 heteroatoms. The number of hydrazone groups is 1. The Morgan fingerprint density at radius 2 is 1.67 bits per heavy atom. The number of benzene rings is 4. The second-order valence-corrected chi connectivity index (χ2v) is 10.3. The largest absolute Gasteiger partial charge is 0.489 e. The SMILES string of the molecule is CS(=O)(=O)N(CC(=O)N/N=C\c1ccc(OCc2ccccc2Cl)cc1)c1cccc2ccccc12. The maximum Gasteiger partial charge on any atom is 0.260 e. The van der Waals surface area contributed by atoms with Crippen LogP contribution in [0.2, 0.25) is 5.02 Å². The molecule has 4 aromatic carbocycles. The lowest BCUT2D eigenvalue weighted by atomic mass is 10.1. The fourth-order valence-electron chi connectivity index (χ4n) is 3.58. The second kappa shape index (κ2) is 11.2. The lowest BCUT2D eigenvalue weighted by Gasteiger charge is -2.23. The topological polar surface area (TPSA) is 88.1 Å². The number of nitrogens with one attached hydrogen (secondary N) is 1. The van der Waals surface area contributed by atoms with Crippen molar-refractivity contribution < 1.29 is 17.9 Å². The van der Waals surface area contributed by atoms with Gasteiger partial charge >= 0.3 is 0 Å². The molecule has 7 nitrogen and oxygen atoms in total. The number of carbonyl (C=O) groups is 1. The summed E-state index contributed by atoms with van der Waals surface area (Å²) in [6.07, 6.45) is 2.54. The highest BCUT2D eigenvalue weighted by molar-refractivity contribution is 7.92. The van der Waals surface area contributed by atoms with Gasteiger partial charge in [-0.2, -0.15) is 5.10 Å². The molecule has 0 heterocycles. The van der Waals surface area contributed by atoms with Crippen molar-refractivity contribution in [3.8, 4) is 5.75 Å². The first-order valence-electron chi connectivity index (χ1n) is 11.0.